The van der Waals surface area contributed by atoms with Crippen molar-refractivity contribution >= 4 is 73.3 Å². The summed E-state index contributed by atoms with van der Waals surface area (Å²) in [4.78, 5) is 86.4. The highest BCUT2D eigenvalue weighted by Gasteiger charge is 2.51. The van der Waals surface area contributed by atoms with Gasteiger partial charge in [-0.05, 0) is 48.7 Å². The van der Waals surface area contributed by atoms with Gasteiger partial charge >= 0.3 is 11.9 Å². The van der Waals surface area contributed by atoms with E-state index >= 15 is 9.59 Å². The van der Waals surface area contributed by atoms with Crippen molar-refractivity contribution in [3.05, 3.63) is 100 Å². The predicted octanol–water partition coefficient (Wildman–Crippen LogP) is 8.29. The summed E-state index contributed by atoms with van der Waals surface area (Å²) in [6, 6.07) is 11.6. The topological polar surface area (TPSA) is 316 Å². The smallest absolute Gasteiger partial charge is 0.307 e. The zero-order valence-electron chi connectivity index (χ0n) is 43.6. The summed E-state index contributed by atoms with van der Waals surface area (Å²) >= 11 is 0. The van der Waals surface area contributed by atoms with Crippen LogP contribution in [0, 0.1) is 39.9 Å². The SMILES string of the molecule is COC(CC(C)(C)C)C(C(=O)Nc1c(S(=O)(=O)O)cc(NC2CCCCC2)c2c1C(=O)c1ccccc1C2=O)C(CC(OC)C(C(=O)NC1C=CC(=N)c2c1c(O)c1ccccc1c2O)C(C(=O)O)C(C)(C)C)C(=O)O. The van der Waals surface area contributed by atoms with Gasteiger partial charge in [0.15, 0.2) is 11.6 Å². The van der Waals surface area contributed by atoms with Gasteiger partial charge in [-0.3, -0.25) is 33.3 Å². The molecule has 0 spiro atoms. The van der Waals surface area contributed by atoms with E-state index in [1.165, 1.54) is 43.5 Å². The Morgan fingerprint density at radius 1 is 0.763 bits per heavy atom. The minimum Gasteiger partial charge on any atom is -0.507 e. The number of amides is 2. The Bertz CT molecular complexity index is 3170. The number of carbonyl (C=O) groups is 6. The first-order valence-electron chi connectivity index (χ1n) is 25.1. The summed E-state index contributed by atoms with van der Waals surface area (Å²) < 4.78 is 49.9. The van der Waals surface area contributed by atoms with E-state index in [0.717, 1.165) is 32.4 Å². The molecule has 0 heterocycles. The lowest BCUT2D eigenvalue weighted by molar-refractivity contribution is -0.161. The number of hydrogen-bond acceptors (Lipinski definition) is 14. The normalized spacial score (nSPS) is 18.3. The standard InChI is InChI=1S/C56H66N4O15S/c1-55(2,3)26-37(75-8)39(51(65)60-46-38(76(71,72)73)25-35(58-27-16-10-9-11-17-27)42-44(46)50(64)31-21-15-14-20-30(31)49(42)63)32(53(67)68)24-36(74-7)43(45(54(69)70)56(4,5)6)52(66)59-34-23-22-33(57)40-41(34)48(62)29-19-13-12-18-28(29)47(40)61/h12-15,18-23,25,27,32,34,36-37,39,43,45,57-58,61-62H,9-11,16-17,24,26H2,1-8H3,(H,59,66)(H,60,65)(H,67,68)(H,69,70)(H,71,72,73). The van der Waals surface area contributed by atoms with E-state index in [4.69, 9.17) is 14.9 Å². The number of aliphatic carboxylic acids is 2. The number of phenols is 2. The van der Waals surface area contributed by atoms with Crippen molar-refractivity contribution in [2.45, 2.75) is 116 Å². The third-order valence-corrected chi connectivity index (χ3v) is 15.7. The number of benzene rings is 4. The second-order valence-electron chi connectivity index (χ2n) is 22.2. The Balaban J connectivity index is 1.37. The van der Waals surface area contributed by atoms with Crippen LogP contribution in [-0.2, 0) is 38.8 Å². The van der Waals surface area contributed by atoms with Crippen molar-refractivity contribution in [1.82, 2.24) is 5.32 Å². The van der Waals surface area contributed by atoms with Crippen molar-refractivity contribution in [2.24, 2.45) is 34.5 Å². The molecule has 1 fully saturated rings. The second-order valence-corrected chi connectivity index (χ2v) is 23.6. The Morgan fingerprint density at radius 3 is 1.86 bits per heavy atom. The molecule has 20 heteroatoms. The van der Waals surface area contributed by atoms with Crippen LogP contribution in [0.5, 0.6) is 11.5 Å². The number of allylic oxidation sites excluding steroid dienone is 1. The third-order valence-electron chi connectivity index (χ3n) is 14.8. The number of anilines is 2. The largest absolute Gasteiger partial charge is 0.507 e. The zero-order valence-corrected chi connectivity index (χ0v) is 44.5. The van der Waals surface area contributed by atoms with Crippen molar-refractivity contribution in [3.63, 3.8) is 0 Å². The van der Waals surface area contributed by atoms with Crippen molar-refractivity contribution in [2.75, 3.05) is 24.9 Å². The van der Waals surface area contributed by atoms with Crippen LogP contribution in [0.3, 0.4) is 0 Å². The van der Waals surface area contributed by atoms with Crippen LogP contribution in [0.2, 0.25) is 0 Å². The van der Waals surface area contributed by atoms with Gasteiger partial charge in [0.25, 0.3) is 10.1 Å². The Hall–Kier alpha value is -7.00. The molecule has 0 bridgehead atoms. The van der Waals surface area contributed by atoms with E-state index in [1.807, 2.05) is 0 Å². The molecule has 0 aliphatic heterocycles. The molecule has 0 saturated heterocycles. The number of aromatic hydroxyl groups is 2. The molecule has 1 saturated carbocycles. The molecule has 4 aromatic carbocycles. The van der Waals surface area contributed by atoms with Gasteiger partial charge in [-0.1, -0.05) is 115 Å². The van der Waals surface area contributed by atoms with Gasteiger partial charge in [0.05, 0.1) is 70.0 Å². The number of phenolic OH excluding ortho intramolecular Hbond substituents is 2. The van der Waals surface area contributed by atoms with E-state index in [1.54, 1.807) is 65.8 Å². The molecule has 19 nitrogen and oxygen atoms in total. The fraction of sp³-hybridized carbons (Fsp3) is 0.446. The number of carbonyl (C=O) groups excluding carboxylic acids is 4. The lowest BCUT2D eigenvalue weighted by Gasteiger charge is -2.40. The highest BCUT2D eigenvalue weighted by Crippen LogP contribution is 2.47. The Morgan fingerprint density at radius 2 is 1.33 bits per heavy atom. The number of hydrogen-bond donors (Lipinski definition) is 9. The summed E-state index contributed by atoms with van der Waals surface area (Å²) in [5, 5.41) is 62.9. The molecule has 0 aromatic heterocycles. The summed E-state index contributed by atoms with van der Waals surface area (Å²) in [5.74, 6) is -14.9. The van der Waals surface area contributed by atoms with Gasteiger partial charge in [-0.2, -0.15) is 8.42 Å². The predicted molar refractivity (Wildman–Crippen MR) is 282 cm³/mol. The van der Waals surface area contributed by atoms with Crippen LogP contribution in [0.25, 0.3) is 10.8 Å². The molecule has 2 amide bonds. The Kier molecular flexibility index (Phi) is 16.4. The first-order chi connectivity index (χ1) is 35.6. The maximum absolute atomic E-state index is 15.5. The van der Waals surface area contributed by atoms with Gasteiger partial charge in [-0.15, -0.1) is 0 Å². The number of methoxy groups -OCH3 is 2. The minimum atomic E-state index is -5.37. The fourth-order valence-electron chi connectivity index (χ4n) is 11.3. The molecule has 7 unspecified atom stereocenters. The first-order valence-corrected chi connectivity index (χ1v) is 26.5. The monoisotopic (exact) mass is 1070 g/mol. The molecule has 7 rings (SSSR count). The van der Waals surface area contributed by atoms with Gasteiger partial charge in [0.1, 0.15) is 16.4 Å². The maximum Gasteiger partial charge on any atom is 0.307 e. The van der Waals surface area contributed by atoms with E-state index < -0.39 is 121 Å². The summed E-state index contributed by atoms with van der Waals surface area (Å²) in [6.45, 7) is 10.0. The number of carboxylic acid groups (broad SMARTS) is 2. The third kappa shape index (κ3) is 11.3. The van der Waals surface area contributed by atoms with E-state index in [9.17, 15) is 52.6 Å². The molecule has 76 heavy (non-hydrogen) atoms. The summed E-state index contributed by atoms with van der Waals surface area (Å²) in [6.07, 6.45) is 2.75. The van der Waals surface area contributed by atoms with Crippen LogP contribution in [0.15, 0.2) is 71.6 Å². The van der Waals surface area contributed by atoms with Crippen LogP contribution in [0.4, 0.5) is 11.4 Å². The number of carboxylic acids is 2. The average molecular weight is 1070 g/mol. The molecule has 406 valence electrons. The van der Waals surface area contributed by atoms with E-state index in [-0.39, 0.29) is 74.0 Å². The van der Waals surface area contributed by atoms with Crippen LogP contribution >= 0.6 is 0 Å². The fourth-order valence-corrected chi connectivity index (χ4v) is 12.0. The maximum atomic E-state index is 15.5. The molecular weight excluding hydrogens is 1000 g/mol. The van der Waals surface area contributed by atoms with Gasteiger partial charge < -0.3 is 51.3 Å². The quantitative estimate of drug-likeness (QED) is 0.0294. The van der Waals surface area contributed by atoms with Crippen LogP contribution in [0.1, 0.15) is 135 Å². The van der Waals surface area contributed by atoms with Crippen LogP contribution in [-0.4, -0.2) is 107 Å². The van der Waals surface area contributed by atoms with E-state index in [2.05, 4.69) is 16.0 Å². The van der Waals surface area contributed by atoms with Crippen molar-refractivity contribution in [1.29, 1.82) is 5.41 Å². The molecule has 3 aliphatic rings. The lowest BCUT2D eigenvalue weighted by atomic mass is 9.68. The molecule has 3 aliphatic carbocycles. The Labute approximate surface area is 440 Å². The molecule has 7 atom stereocenters. The summed E-state index contributed by atoms with van der Waals surface area (Å²) in [7, 11) is -3.02. The number of nitrogens with one attached hydrogen (secondary N) is 4. The number of ether oxygens (including phenoxy) is 2. The highest BCUT2D eigenvalue weighted by molar-refractivity contribution is 7.86. The molecule has 0 radical (unpaired) electrons. The average Bonchev–Trinajstić information content (AvgIpc) is 3.36. The molecule has 4 aromatic rings. The second kappa shape index (κ2) is 21.9. The van der Waals surface area contributed by atoms with Crippen molar-refractivity contribution < 1.29 is 71.6 Å². The first kappa shape index (κ1) is 56.7. The molecule has 9 N–H and O–H groups in total. The van der Waals surface area contributed by atoms with Gasteiger partial charge in [0.2, 0.25) is 11.8 Å². The number of rotatable bonds is 18. The van der Waals surface area contributed by atoms with E-state index in [0.29, 0.717) is 12.8 Å². The number of fused-ring (bicyclic) bond motifs is 4. The number of ketones is 2. The zero-order chi connectivity index (χ0) is 55.9. The molecular formula is C56H66N4O15S. The van der Waals surface area contributed by atoms with Crippen LogP contribution < -0.4 is 16.0 Å². The minimum absolute atomic E-state index is 0.00257. The lowest BCUT2D eigenvalue weighted by Crippen LogP contribution is -2.52. The highest BCUT2D eigenvalue weighted by atomic mass is 32.2. The summed E-state index contributed by atoms with van der Waals surface area (Å²) in [5.41, 5.74) is -4.15. The van der Waals surface area contributed by atoms with Crippen molar-refractivity contribution in [3.8, 4) is 11.5 Å². The van der Waals surface area contributed by atoms with Gasteiger partial charge in [0, 0.05) is 53.4 Å². The van der Waals surface area contributed by atoms with Gasteiger partial charge in [-0.25, -0.2) is 0 Å².